The molecule has 2 saturated heterocycles. The number of carbonyl (C=O) groups excluding carboxylic acids is 2. The van der Waals surface area contributed by atoms with Crippen LogP contribution in [0.3, 0.4) is 0 Å². The van der Waals surface area contributed by atoms with E-state index in [0.29, 0.717) is 43.5 Å². The van der Waals surface area contributed by atoms with E-state index in [9.17, 15) is 19.1 Å². The summed E-state index contributed by atoms with van der Waals surface area (Å²) in [4.78, 5) is 31.5. The minimum Gasteiger partial charge on any atom is -0.507 e. The Morgan fingerprint density at radius 1 is 0.893 bits per heavy atom. The normalized spacial score (nSPS) is 24.7. The van der Waals surface area contributed by atoms with E-state index in [0.717, 1.165) is 69.2 Å². The van der Waals surface area contributed by atoms with Crippen LogP contribution in [0.25, 0.3) is 11.1 Å². The Labute approximate surface area is 329 Å². The summed E-state index contributed by atoms with van der Waals surface area (Å²) in [5.41, 5.74) is 5.92. The van der Waals surface area contributed by atoms with Gasteiger partial charge in [0.2, 0.25) is 6.23 Å². The van der Waals surface area contributed by atoms with Gasteiger partial charge in [-0.3, -0.25) is 19.4 Å². The number of morpholine rings is 1. The number of nitrogens with one attached hydrogen (secondary N) is 4. The third-order valence-corrected chi connectivity index (χ3v) is 11.1. The molecule has 4 aliphatic rings. The number of dihydropyridines is 1. The second-order valence-corrected chi connectivity index (χ2v) is 15.9. The molecule has 3 fully saturated rings. The molecule has 298 valence electrons. The number of rotatable bonds is 11. The van der Waals surface area contributed by atoms with E-state index in [-0.39, 0.29) is 34.9 Å². The van der Waals surface area contributed by atoms with Gasteiger partial charge in [-0.05, 0) is 99.0 Å². The Bertz CT molecular complexity index is 1930. The van der Waals surface area contributed by atoms with Gasteiger partial charge in [-0.2, -0.15) is 0 Å². The van der Waals surface area contributed by atoms with Crippen molar-refractivity contribution in [1.82, 2.24) is 31.1 Å². The highest BCUT2D eigenvalue weighted by Gasteiger charge is 2.30. The van der Waals surface area contributed by atoms with Gasteiger partial charge in [0.05, 0.1) is 24.4 Å². The van der Waals surface area contributed by atoms with E-state index in [1.807, 2.05) is 25.1 Å². The van der Waals surface area contributed by atoms with E-state index >= 15 is 0 Å². The maximum atomic E-state index is 14.6. The molecule has 3 aliphatic heterocycles. The minimum atomic E-state index is -0.901. The molecule has 56 heavy (non-hydrogen) atoms. The summed E-state index contributed by atoms with van der Waals surface area (Å²) in [5.74, 6) is -0.788. The molecule has 11 nitrogen and oxygen atoms in total. The largest absolute Gasteiger partial charge is 0.507 e. The number of aromatic hydroxyl groups is 1. The monoisotopic (exact) mass is 766 g/mol. The van der Waals surface area contributed by atoms with Crippen LogP contribution in [0.1, 0.15) is 66.6 Å². The lowest BCUT2D eigenvalue weighted by atomic mass is 9.90. The summed E-state index contributed by atoms with van der Waals surface area (Å²) in [6, 6.07) is 20.2. The third kappa shape index (κ3) is 10.2. The molecule has 0 spiro atoms. The second kappa shape index (κ2) is 18.0. The van der Waals surface area contributed by atoms with Crippen molar-refractivity contribution in [3.05, 3.63) is 107 Å². The molecule has 3 aromatic rings. The standard InChI is InChI=1S/C44H55FN6O5/c1-28-7-14-41(52)39(19-28)42(53)48-35-9-11-36(12-10-35)49-43(54)40-22-34(45)23-46-44(40)56-37-6-4-5-32(21-37)38-13-8-31(26-51-24-29(2)47-30(3)25-51)20-33(38)27-50-15-17-55-18-16-50/h4-8,13-14,19-23,29-30,35-36,44,46-47,52H,9-12,15-18,24-27H2,1-3H3,(H,48,53)(H,49,54)/t29-,30+,35?,36?,44?. The average Bonchev–Trinajstić information content (AvgIpc) is 3.17. The Morgan fingerprint density at radius 3 is 2.34 bits per heavy atom. The van der Waals surface area contributed by atoms with Crippen molar-refractivity contribution in [3.8, 4) is 22.6 Å². The lowest BCUT2D eigenvalue weighted by molar-refractivity contribution is -0.119. The molecular formula is C44H55FN6O5. The maximum Gasteiger partial charge on any atom is 0.255 e. The van der Waals surface area contributed by atoms with E-state index in [2.05, 4.69) is 69.2 Å². The number of hydrogen-bond donors (Lipinski definition) is 5. The van der Waals surface area contributed by atoms with Gasteiger partial charge in [0, 0.05) is 69.6 Å². The summed E-state index contributed by atoms with van der Waals surface area (Å²) >= 11 is 0. The second-order valence-electron chi connectivity index (χ2n) is 15.9. The molecule has 2 amide bonds. The molecule has 1 unspecified atom stereocenters. The van der Waals surface area contributed by atoms with E-state index < -0.39 is 18.0 Å². The van der Waals surface area contributed by atoms with Gasteiger partial charge >= 0.3 is 0 Å². The first-order valence-corrected chi connectivity index (χ1v) is 20.0. The van der Waals surface area contributed by atoms with Gasteiger partial charge in [-0.15, -0.1) is 0 Å². The van der Waals surface area contributed by atoms with Crippen LogP contribution in [-0.2, 0) is 22.6 Å². The molecule has 1 aliphatic carbocycles. The van der Waals surface area contributed by atoms with Gasteiger partial charge in [0.25, 0.3) is 11.8 Å². The summed E-state index contributed by atoms with van der Waals surface area (Å²) < 4.78 is 26.6. The van der Waals surface area contributed by atoms with Gasteiger partial charge in [0.1, 0.15) is 17.3 Å². The Morgan fingerprint density at radius 2 is 1.61 bits per heavy atom. The van der Waals surface area contributed by atoms with Crippen LogP contribution in [0.2, 0.25) is 0 Å². The number of aryl methyl sites for hydroxylation is 1. The quantitative estimate of drug-likeness (QED) is 0.177. The minimum absolute atomic E-state index is 0.0540. The molecule has 3 heterocycles. The zero-order valence-electron chi connectivity index (χ0n) is 32.7. The zero-order valence-corrected chi connectivity index (χ0v) is 32.7. The Balaban J connectivity index is 1.01. The molecule has 3 atom stereocenters. The molecule has 0 radical (unpaired) electrons. The predicted molar refractivity (Wildman–Crippen MR) is 215 cm³/mol. The fourth-order valence-corrected chi connectivity index (χ4v) is 8.40. The van der Waals surface area contributed by atoms with Crippen LogP contribution in [0.5, 0.6) is 11.5 Å². The van der Waals surface area contributed by atoms with Crippen molar-refractivity contribution >= 4 is 11.8 Å². The number of hydrogen-bond acceptors (Lipinski definition) is 9. The van der Waals surface area contributed by atoms with Crippen LogP contribution in [-0.4, -0.2) is 96.5 Å². The lowest BCUT2D eigenvalue weighted by Gasteiger charge is -2.36. The summed E-state index contributed by atoms with van der Waals surface area (Å²) in [5, 5.41) is 22.8. The van der Waals surface area contributed by atoms with Crippen molar-refractivity contribution in [2.75, 3.05) is 39.4 Å². The maximum absolute atomic E-state index is 14.6. The molecule has 5 N–H and O–H groups in total. The Hall–Kier alpha value is -4.75. The first kappa shape index (κ1) is 39.5. The number of nitrogens with zero attached hydrogens (tertiary/aromatic N) is 2. The number of halogens is 1. The van der Waals surface area contributed by atoms with Crippen LogP contribution >= 0.6 is 0 Å². The highest BCUT2D eigenvalue weighted by Crippen LogP contribution is 2.31. The molecule has 12 heteroatoms. The summed E-state index contributed by atoms with van der Waals surface area (Å²) in [6.45, 7) is 13.3. The van der Waals surface area contributed by atoms with Crippen LogP contribution in [0.15, 0.2) is 84.3 Å². The van der Waals surface area contributed by atoms with Crippen LogP contribution in [0.4, 0.5) is 4.39 Å². The van der Waals surface area contributed by atoms with Crippen molar-refractivity contribution in [2.45, 2.75) is 89.9 Å². The Kier molecular flexibility index (Phi) is 12.7. The molecule has 1 saturated carbocycles. The SMILES string of the molecule is Cc1ccc(O)c(C(=O)NC2CCC(NC(=O)C3=CC(F)=CNC3Oc3cccc(-c4ccc(CN5C[C@@H](C)N[C@@H](C)C5)cc4CN4CCOCC4)c3)CC2)c1. The fraction of sp³-hybridized carbons (Fsp3) is 0.455. The van der Waals surface area contributed by atoms with Gasteiger partial charge < -0.3 is 35.8 Å². The van der Waals surface area contributed by atoms with Crippen LogP contribution in [0, 0.1) is 6.92 Å². The summed E-state index contributed by atoms with van der Waals surface area (Å²) in [6.07, 6.45) is 4.13. The van der Waals surface area contributed by atoms with E-state index in [1.54, 1.807) is 12.1 Å². The molecule has 7 rings (SSSR count). The number of amides is 2. The average molecular weight is 767 g/mol. The first-order chi connectivity index (χ1) is 27.1. The van der Waals surface area contributed by atoms with Crippen molar-refractivity contribution in [3.63, 3.8) is 0 Å². The number of phenols is 1. The van der Waals surface area contributed by atoms with Crippen molar-refractivity contribution < 1.29 is 28.6 Å². The first-order valence-electron chi connectivity index (χ1n) is 20.0. The number of phenolic OH excluding ortho intramolecular Hbond substituents is 1. The molecular weight excluding hydrogens is 712 g/mol. The highest BCUT2D eigenvalue weighted by molar-refractivity contribution is 5.97. The highest BCUT2D eigenvalue weighted by atomic mass is 19.1. The smallest absolute Gasteiger partial charge is 0.255 e. The van der Waals surface area contributed by atoms with E-state index in [4.69, 9.17) is 9.47 Å². The molecule has 3 aromatic carbocycles. The molecule has 0 bridgehead atoms. The zero-order chi connectivity index (χ0) is 39.2. The number of ether oxygens (including phenoxy) is 2. The lowest BCUT2D eigenvalue weighted by Crippen LogP contribution is -2.53. The molecule has 0 aromatic heterocycles. The van der Waals surface area contributed by atoms with Crippen LogP contribution < -0.4 is 26.0 Å². The predicted octanol–water partition coefficient (Wildman–Crippen LogP) is 5.28. The van der Waals surface area contributed by atoms with E-state index in [1.165, 1.54) is 29.5 Å². The topological polar surface area (TPSA) is 127 Å². The van der Waals surface area contributed by atoms with Crippen molar-refractivity contribution in [1.29, 1.82) is 0 Å². The summed E-state index contributed by atoms with van der Waals surface area (Å²) in [7, 11) is 0. The number of benzene rings is 3. The number of allylic oxidation sites excluding steroid dienone is 2. The number of carbonyl (C=O) groups is 2. The number of piperazine rings is 1. The third-order valence-electron chi connectivity index (χ3n) is 11.1. The van der Waals surface area contributed by atoms with Crippen molar-refractivity contribution in [2.24, 2.45) is 0 Å². The fourth-order valence-electron chi connectivity index (χ4n) is 8.40. The van der Waals surface area contributed by atoms with Gasteiger partial charge in [-0.25, -0.2) is 4.39 Å². The van der Waals surface area contributed by atoms with Gasteiger partial charge in [-0.1, -0.05) is 42.0 Å². The van der Waals surface area contributed by atoms with Gasteiger partial charge in [0.15, 0.2) is 0 Å².